The van der Waals surface area contributed by atoms with Gasteiger partial charge in [-0.25, -0.2) is 0 Å². The van der Waals surface area contributed by atoms with Gasteiger partial charge in [0.25, 0.3) is 0 Å². The molecule has 0 saturated carbocycles. The molecule has 0 amide bonds. The second kappa shape index (κ2) is 7.76. The summed E-state index contributed by atoms with van der Waals surface area (Å²) >= 11 is 9.64. The lowest BCUT2D eigenvalue weighted by Gasteiger charge is -2.38. The van der Waals surface area contributed by atoms with Gasteiger partial charge in [0.2, 0.25) is 0 Å². The Balaban J connectivity index is 2.12. The molecule has 0 aromatic heterocycles. The Kier molecular flexibility index (Phi) is 6.30. The fourth-order valence-electron chi connectivity index (χ4n) is 2.97. The van der Waals surface area contributed by atoms with Crippen molar-refractivity contribution in [1.82, 2.24) is 4.90 Å². The average molecular weight is 362 g/mol. The number of likely N-dealkylation sites (tertiary alicyclic amines) is 1. The van der Waals surface area contributed by atoms with Crippen LogP contribution in [0.1, 0.15) is 24.4 Å². The molecule has 1 aliphatic rings. The molecule has 1 aliphatic heterocycles. The summed E-state index contributed by atoms with van der Waals surface area (Å²) in [6.07, 6.45) is 2.44. The van der Waals surface area contributed by atoms with Crippen LogP contribution in [0.3, 0.4) is 0 Å². The van der Waals surface area contributed by atoms with Crippen LogP contribution in [0.5, 0.6) is 0 Å². The van der Waals surface area contributed by atoms with Gasteiger partial charge in [-0.3, -0.25) is 4.90 Å². The molecular weight excluding hydrogens is 340 g/mol. The van der Waals surface area contributed by atoms with Crippen LogP contribution in [0.25, 0.3) is 0 Å². The fourth-order valence-corrected chi connectivity index (χ4v) is 3.40. The first kappa shape index (κ1) is 16.2. The lowest BCUT2D eigenvalue weighted by atomic mass is 9.95. The van der Waals surface area contributed by atoms with E-state index in [0.717, 1.165) is 29.2 Å². The molecule has 2 unspecified atom stereocenters. The Morgan fingerprint density at radius 3 is 3.00 bits per heavy atom. The number of benzene rings is 1. The molecule has 2 N–H and O–H groups in total. The number of halogens is 2. The molecule has 112 valence electrons. The number of methoxy groups -OCH3 is 1. The van der Waals surface area contributed by atoms with E-state index >= 15 is 0 Å². The molecule has 2 atom stereocenters. The van der Waals surface area contributed by atoms with Crippen molar-refractivity contribution in [3.63, 3.8) is 0 Å². The first-order valence-corrected chi connectivity index (χ1v) is 8.20. The van der Waals surface area contributed by atoms with Crippen molar-refractivity contribution in [2.75, 3.05) is 33.4 Å². The minimum absolute atomic E-state index is 0.236. The third-order valence-electron chi connectivity index (χ3n) is 3.95. The van der Waals surface area contributed by atoms with E-state index in [0.29, 0.717) is 12.5 Å². The summed E-state index contributed by atoms with van der Waals surface area (Å²) < 4.78 is 6.22. The molecule has 2 rings (SSSR count). The summed E-state index contributed by atoms with van der Waals surface area (Å²) in [6.45, 7) is 3.58. The summed E-state index contributed by atoms with van der Waals surface area (Å²) in [7, 11) is 1.77. The minimum atomic E-state index is 0.236. The molecule has 1 aromatic rings. The van der Waals surface area contributed by atoms with Crippen LogP contribution in [0, 0.1) is 5.92 Å². The SMILES string of the molecule is COCC1CCCN(C(CN)c2ccc(Br)c(Cl)c2)C1. The van der Waals surface area contributed by atoms with Crippen LogP contribution in [0.15, 0.2) is 22.7 Å². The van der Waals surface area contributed by atoms with Crippen LogP contribution < -0.4 is 5.73 Å². The Morgan fingerprint density at radius 1 is 1.55 bits per heavy atom. The maximum absolute atomic E-state index is 6.21. The molecule has 1 heterocycles. The lowest BCUT2D eigenvalue weighted by Crippen LogP contribution is -2.42. The number of piperidine rings is 1. The van der Waals surface area contributed by atoms with Crippen LogP contribution in [0.4, 0.5) is 0 Å². The van der Waals surface area contributed by atoms with Gasteiger partial charge < -0.3 is 10.5 Å². The molecule has 3 nitrogen and oxygen atoms in total. The van der Waals surface area contributed by atoms with E-state index in [9.17, 15) is 0 Å². The van der Waals surface area contributed by atoms with Crippen molar-refractivity contribution in [2.45, 2.75) is 18.9 Å². The highest BCUT2D eigenvalue weighted by atomic mass is 79.9. The van der Waals surface area contributed by atoms with Gasteiger partial charge in [-0.15, -0.1) is 0 Å². The number of ether oxygens (including phenoxy) is 1. The van der Waals surface area contributed by atoms with E-state index in [2.05, 4.69) is 26.9 Å². The summed E-state index contributed by atoms with van der Waals surface area (Å²) in [4.78, 5) is 2.47. The number of nitrogens with two attached hydrogens (primary N) is 1. The van der Waals surface area contributed by atoms with Crippen LogP contribution in [-0.2, 0) is 4.74 Å². The molecule has 20 heavy (non-hydrogen) atoms. The number of hydrogen-bond acceptors (Lipinski definition) is 3. The van der Waals surface area contributed by atoms with Crippen LogP contribution in [-0.4, -0.2) is 38.3 Å². The number of hydrogen-bond donors (Lipinski definition) is 1. The molecule has 1 fully saturated rings. The van der Waals surface area contributed by atoms with E-state index in [1.165, 1.54) is 18.4 Å². The van der Waals surface area contributed by atoms with E-state index in [1.807, 2.05) is 12.1 Å². The highest BCUT2D eigenvalue weighted by Crippen LogP contribution is 2.30. The normalized spacial score (nSPS) is 21.9. The van der Waals surface area contributed by atoms with Crippen molar-refractivity contribution in [3.05, 3.63) is 33.3 Å². The molecule has 1 aromatic carbocycles. The highest BCUT2D eigenvalue weighted by Gasteiger charge is 2.26. The predicted octanol–water partition coefficient (Wildman–Crippen LogP) is 3.46. The van der Waals surface area contributed by atoms with Gasteiger partial charge in [0, 0.05) is 30.7 Å². The van der Waals surface area contributed by atoms with Gasteiger partial charge in [0.1, 0.15) is 0 Å². The predicted molar refractivity (Wildman–Crippen MR) is 87.1 cm³/mol. The van der Waals surface area contributed by atoms with E-state index in [-0.39, 0.29) is 6.04 Å². The fraction of sp³-hybridized carbons (Fsp3) is 0.600. The van der Waals surface area contributed by atoms with Crippen molar-refractivity contribution in [3.8, 4) is 0 Å². The molecule has 1 saturated heterocycles. The van der Waals surface area contributed by atoms with Crippen molar-refractivity contribution in [1.29, 1.82) is 0 Å². The Labute approximate surface area is 134 Å². The zero-order valence-corrected chi connectivity index (χ0v) is 14.2. The number of rotatable bonds is 5. The second-order valence-corrected chi connectivity index (χ2v) is 6.65. The Morgan fingerprint density at radius 2 is 2.35 bits per heavy atom. The van der Waals surface area contributed by atoms with Crippen LogP contribution >= 0.6 is 27.5 Å². The van der Waals surface area contributed by atoms with Gasteiger partial charge in [-0.1, -0.05) is 17.7 Å². The van der Waals surface area contributed by atoms with Crippen molar-refractivity contribution in [2.24, 2.45) is 11.7 Å². The standard InChI is InChI=1S/C15H22BrClN2O/c1-20-10-11-3-2-6-19(9-11)15(8-18)12-4-5-13(16)14(17)7-12/h4-5,7,11,15H,2-3,6,8-10,18H2,1H3. The van der Waals surface area contributed by atoms with E-state index in [4.69, 9.17) is 22.1 Å². The first-order chi connectivity index (χ1) is 9.65. The van der Waals surface area contributed by atoms with Crippen molar-refractivity contribution >= 4 is 27.5 Å². The molecule has 0 spiro atoms. The summed E-state index contributed by atoms with van der Waals surface area (Å²) in [5.41, 5.74) is 7.21. The first-order valence-electron chi connectivity index (χ1n) is 7.03. The van der Waals surface area contributed by atoms with E-state index in [1.54, 1.807) is 7.11 Å². The van der Waals surface area contributed by atoms with Crippen LogP contribution in [0.2, 0.25) is 5.02 Å². The zero-order valence-electron chi connectivity index (χ0n) is 11.8. The van der Waals surface area contributed by atoms with Crippen molar-refractivity contribution < 1.29 is 4.74 Å². The molecule has 0 radical (unpaired) electrons. The van der Waals surface area contributed by atoms with Gasteiger partial charge in [-0.2, -0.15) is 0 Å². The highest BCUT2D eigenvalue weighted by molar-refractivity contribution is 9.10. The second-order valence-electron chi connectivity index (χ2n) is 5.38. The number of nitrogens with zero attached hydrogens (tertiary/aromatic N) is 1. The maximum atomic E-state index is 6.21. The molecular formula is C15H22BrClN2O. The molecule has 0 aliphatic carbocycles. The third-order valence-corrected chi connectivity index (χ3v) is 5.18. The lowest BCUT2D eigenvalue weighted by molar-refractivity contribution is 0.0697. The van der Waals surface area contributed by atoms with Gasteiger partial charge in [0.05, 0.1) is 11.6 Å². The quantitative estimate of drug-likeness (QED) is 0.873. The van der Waals surface area contributed by atoms with Gasteiger partial charge >= 0.3 is 0 Å². The Hall–Kier alpha value is -0.130. The topological polar surface area (TPSA) is 38.5 Å². The van der Waals surface area contributed by atoms with Gasteiger partial charge in [-0.05, 0) is 58.9 Å². The van der Waals surface area contributed by atoms with Gasteiger partial charge in [0.15, 0.2) is 0 Å². The molecule has 5 heteroatoms. The maximum Gasteiger partial charge on any atom is 0.0551 e. The largest absolute Gasteiger partial charge is 0.384 e. The summed E-state index contributed by atoms with van der Waals surface area (Å²) in [5, 5.41) is 0.742. The molecule has 0 bridgehead atoms. The minimum Gasteiger partial charge on any atom is -0.384 e. The monoisotopic (exact) mass is 360 g/mol. The summed E-state index contributed by atoms with van der Waals surface area (Å²) in [6, 6.07) is 6.35. The Bertz CT molecular complexity index is 442. The average Bonchev–Trinajstić information content (AvgIpc) is 2.44. The van der Waals surface area contributed by atoms with E-state index < -0.39 is 0 Å². The zero-order chi connectivity index (χ0) is 14.5. The third kappa shape index (κ3) is 3.95. The summed E-state index contributed by atoms with van der Waals surface area (Å²) in [5.74, 6) is 0.605. The smallest absolute Gasteiger partial charge is 0.0551 e.